The molecule has 1 unspecified atom stereocenters. The summed E-state index contributed by atoms with van der Waals surface area (Å²) >= 11 is 1.66. The first-order valence-electron chi connectivity index (χ1n) is 6.66. The SMILES string of the molecule is O=S(=O)(NC1CCSc2ccccc21)c1ccc(F)cc1F. The zero-order valence-corrected chi connectivity index (χ0v) is 13.1. The van der Waals surface area contributed by atoms with Crippen molar-refractivity contribution in [2.45, 2.75) is 22.3 Å². The van der Waals surface area contributed by atoms with Gasteiger partial charge in [0.1, 0.15) is 16.5 Å². The van der Waals surface area contributed by atoms with Crippen molar-refractivity contribution >= 4 is 21.8 Å². The highest BCUT2D eigenvalue weighted by Gasteiger charge is 2.27. The minimum absolute atomic E-state index is 0.410. The van der Waals surface area contributed by atoms with Gasteiger partial charge < -0.3 is 0 Å². The molecule has 3 rings (SSSR count). The normalized spacial score (nSPS) is 18.0. The van der Waals surface area contributed by atoms with Gasteiger partial charge in [0.05, 0.1) is 0 Å². The summed E-state index contributed by atoms with van der Waals surface area (Å²) in [5, 5.41) is 0. The van der Waals surface area contributed by atoms with E-state index in [4.69, 9.17) is 0 Å². The van der Waals surface area contributed by atoms with Gasteiger partial charge in [0.15, 0.2) is 0 Å². The van der Waals surface area contributed by atoms with Gasteiger partial charge in [-0.2, -0.15) is 0 Å². The van der Waals surface area contributed by atoms with Crippen molar-refractivity contribution in [2.75, 3.05) is 5.75 Å². The van der Waals surface area contributed by atoms with Gasteiger partial charge in [-0.15, -0.1) is 11.8 Å². The summed E-state index contributed by atoms with van der Waals surface area (Å²) in [4.78, 5) is 0.477. The minimum atomic E-state index is -4.05. The summed E-state index contributed by atoms with van der Waals surface area (Å²) in [5.74, 6) is -1.13. The van der Waals surface area contributed by atoms with Crippen LogP contribution in [0, 0.1) is 11.6 Å². The van der Waals surface area contributed by atoms with Crippen molar-refractivity contribution < 1.29 is 17.2 Å². The fourth-order valence-corrected chi connectivity index (χ4v) is 4.84. The van der Waals surface area contributed by atoms with Crippen LogP contribution < -0.4 is 4.72 Å². The van der Waals surface area contributed by atoms with Gasteiger partial charge in [0, 0.05) is 17.0 Å². The number of rotatable bonds is 3. The highest BCUT2D eigenvalue weighted by Crippen LogP contribution is 2.36. The number of hydrogen-bond donors (Lipinski definition) is 1. The van der Waals surface area contributed by atoms with Crippen LogP contribution in [0.4, 0.5) is 8.78 Å². The summed E-state index contributed by atoms with van der Waals surface area (Å²) in [5.41, 5.74) is 0.879. The fourth-order valence-electron chi connectivity index (χ4n) is 2.41. The Morgan fingerprint density at radius 1 is 1.14 bits per heavy atom. The second-order valence-electron chi connectivity index (χ2n) is 4.92. The molecule has 0 aliphatic carbocycles. The van der Waals surface area contributed by atoms with Crippen molar-refractivity contribution in [1.82, 2.24) is 4.72 Å². The molecule has 1 atom stereocenters. The minimum Gasteiger partial charge on any atom is -0.207 e. The van der Waals surface area contributed by atoms with Gasteiger partial charge in [0.2, 0.25) is 10.0 Å². The Balaban J connectivity index is 1.93. The Kier molecular flexibility index (Phi) is 4.20. The first-order chi connectivity index (χ1) is 10.5. The third kappa shape index (κ3) is 3.02. The lowest BCUT2D eigenvalue weighted by molar-refractivity contribution is 0.526. The average molecular weight is 341 g/mol. The molecule has 2 aromatic carbocycles. The van der Waals surface area contributed by atoms with Crippen LogP contribution in [0.3, 0.4) is 0 Å². The van der Waals surface area contributed by atoms with Crippen LogP contribution in [0.25, 0.3) is 0 Å². The Labute approximate surface area is 131 Å². The topological polar surface area (TPSA) is 46.2 Å². The first kappa shape index (κ1) is 15.5. The maximum Gasteiger partial charge on any atom is 0.244 e. The summed E-state index contributed by atoms with van der Waals surface area (Å²) in [6, 6.07) is 9.55. The zero-order chi connectivity index (χ0) is 15.7. The van der Waals surface area contributed by atoms with Crippen LogP contribution in [0.2, 0.25) is 0 Å². The molecular weight excluding hydrogens is 328 g/mol. The van der Waals surface area contributed by atoms with Crippen LogP contribution in [-0.4, -0.2) is 14.2 Å². The second-order valence-corrected chi connectivity index (χ2v) is 7.74. The standard InChI is InChI=1S/C15H13F2NO2S2/c16-10-5-6-15(12(17)9-10)22(19,20)18-13-7-8-21-14-4-2-1-3-11(13)14/h1-6,9,13,18H,7-8H2. The number of benzene rings is 2. The number of fused-ring (bicyclic) bond motifs is 1. The van der Waals surface area contributed by atoms with Crippen molar-refractivity contribution in [2.24, 2.45) is 0 Å². The van der Waals surface area contributed by atoms with E-state index in [2.05, 4.69) is 4.72 Å². The third-order valence-corrected chi connectivity index (χ3v) is 6.07. The van der Waals surface area contributed by atoms with Gasteiger partial charge in [-0.05, 0) is 35.9 Å². The van der Waals surface area contributed by atoms with E-state index in [0.29, 0.717) is 12.5 Å². The van der Waals surface area contributed by atoms with E-state index in [1.54, 1.807) is 11.8 Å². The molecule has 116 valence electrons. The number of hydrogen-bond acceptors (Lipinski definition) is 3. The van der Waals surface area contributed by atoms with Crippen molar-refractivity contribution in [3.8, 4) is 0 Å². The maximum atomic E-state index is 13.7. The van der Waals surface area contributed by atoms with Crippen LogP contribution >= 0.6 is 11.8 Å². The van der Waals surface area contributed by atoms with Crippen LogP contribution in [-0.2, 0) is 10.0 Å². The zero-order valence-electron chi connectivity index (χ0n) is 11.4. The Morgan fingerprint density at radius 2 is 1.91 bits per heavy atom. The van der Waals surface area contributed by atoms with Gasteiger partial charge >= 0.3 is 0 Å². The predicted molar refractivity (Wildman–Crippen MR) is 81.2 cm³/mol. The molecule has 22 heavy (non-hydrogen) atoms. The van der Waals surface area contributed by atoms with Gasteiger partial charge in [0.25, 0.3) is 0 Å². The molecule has 1 N–H and O–H groups in total. The molecule has 2 aromatic rings. The van der Waals surface area contributed by atoms with Gasteiger partial charge in [-0.1, -0.05) is 18.2 Å². The smallest absolute Gasteiger partial charge is 0.207 e. The van der Waals surface area contributed by atoms with Crippen molar-refractivity contribution in [3.05, 3.63) is 59.7 Å². The van der Waals surface area contributed by atoms with E-state index in [0.717, 1.165) is 28.3 Å². The predicted octanol–water partition coefficient (Wildman–Crippen LogP) is 3.48. The van der Waals surface area contributed by atoms with E-state index in [-0.39, 0.29) is 0 Å². The number of halogens is 2. The fraction of sp³-hybridized carbons (Fsp3) is 0.200. The molecule has 0 aromatic heterocycles. The summed E-state index contributed by atoms with van der Waals surface area (Å²) in [6.07, 6.45) is 0.615. The first-order valence-corrected chi connectivity index (χ1v) is 9.13. The molecule has 3 nitrogen and oxygen atoms in total. The number of nitrogens with one attached hydrogen (secondary N) is 1. The molecule has 0 bridgehead atoms. The average Bonchev–Trinajstić information content (AvgIpc) is 2.47. The molecular formula is C15H13F2NO2S2. The quantitative estimate of drug-likeness (QED) is 0.930. The van der Waals surface area contributed by atoms with E-state index < -0.39 is 32.6 Å². The van der Waals surface area contributed by atoms with E-state index in [9.17, 15) is 17.2 Å². The lowest BCUT2D eigenvalue weighted by Gasteiger charge is -2.25. The van der Waals surface area contributed by atoms with Crippen LogP contribution in [0.5, 0.6) is 0 Å². The Bertz CT molecular complexity index is 809. The van der Waals surface area contributed by atoms with Crippen LogP contribution in [0.15, 0.2) is 52.3 Å². The molecule has 0 saturated heterocycles. The van der Waals surface area contributed by atoms with Crippen molar-refractivity contribution in [1.29, 1.82) is 0 Å². The molecule has 7 heteroatoms. The van der Waals surface area contributed by atoms with E-state index in [1.165, 1.54) is 0 Å². The van der Waals surface area contributed by atoms with Gasteiger partial charge in [-0.3, -0.25) is 0 Å². The summed E-state index contributed by atoms with van der Waals surface area (Å²) < 4.78 is 53.9. The molecule has 1 aliphatic rings. The lowest BCUT2D eigenvalue weighted by Crippen LogP contribution is -2.31. The molecule has 0 spiro atoms. The maximum absolute atomic E-state index is 13.7. The molecule has 0 saturated carbocycles. The molecule has 0 fully saturated rings. The highest BCUT2D eigenvalue weighted by molar-refractivity contribution is 7.99. The number of sulfonamides is 1. The molecule has 0 radical (unpaired) electrons. The lowest BCUT2D eigenvalue weighted by atomic mass is 10.1. The summed E-state index contributed by atoms with van der Waals surface area (Å²) in [6.45, 7) is 0. The summed E-state index contributed by atoms with van der Waals surface area (Å²) in [7, 11) is -4.05. The number of thioether (sulfide) groups is 1. The molecule has 1 aliphatic heterocycles. The Hall–Kier alpha value is -1.44. The largest absolute Gasteiger partial charge is 0.244 e. The van der Waals surface area contributed by atoms with Crippen molar-refractivity contribution in [3.63, 3.8) is 0 Å². The Morgan fingerprint density at radius 3 is 2.68 bits per heavy atom. The third-order valence-electron chi connectivity index (χ3n) is 3.44. The van der Waals surface area contributed by atoms with Gasteiger partial charge in [-0.25, -0.2) is 21.9 Å². The van der Waals surface area contributed by atoms with E-state index >= 15 is 0 Å². The van der Waals surface area contributed by atoms with E-state index in [1.807, 2.05) is 24.3 Å². The molecule has 0 amide bonds. The monoisotopic (exact) mass is 341 g/mol. The van der Waals surface area contributed by atoms with Crippen LogP contribution in [0.1, 0.15) is 18.0 Å². The molecule has 1 heterocycles. The second kappa shape index (κ2) is 5.98. The highest BCUT2D eigenvalue weighted by atomic mass is 32.2.